The summed E-state index contributed by atoms with van der Waals surface area (Å²) in [4.78, 5) is 23.2. The van der Waals surface area contributed by atoms with Gasteiger partial charge in [-0.05, 0) is 44.0 Å². The monoisotopic (exact) mass is 311 g/mol. The topological polar surface area (TPSA) is 66.4 Å². The lowest BCUT2D eigenvalue weighted by molar-refractivity contribution is -0.121. The molecule has 4 nitrogen and oxygen atoms in total. The number of nitrogens with one attached hydrogen (secondary N) is 1. The maximum Gasteiger partial charge on any atom is 0.335 e. The predicted octanol–water partition coefficient (Wildman–Crippen LogP) is 3.42. The summed E-state index contributed by atoms with van der Waals surface area (Å²) in [5.74, 6) is -1.12. The van der Waals surface area contributed by atoms with E-state index in [1.165, 1.54) is 12.1 Å². The van der Waals surface area contributed by atoms with Gasteiger partial charge in [-0.3, -0.25) is 4.79 Å². The number of benzene rings is 2. The van der Waals surface area contributed by atoms with E-state index in [-0.39, 0.29) is 23.9 Å². The average Bonchev–Trinajstić information content (AvgIpc) is 2.46. The number of aromatic carboxylic acids is 1. The van der Waals surface area contributed by atoms with Crippen molar-refractivity contribution in [1.82, 2.24) is 5.32 Å². The van der Waals surface area contributed by atoms with E-state index in [0.717, 1.165) is 16.7 Å². The summed E-state index contributed by atoms with van der Waals surface area (Å²) in [6.07, 6.45) is 0.163. The minimum Gasteiger partial charge on any atom is -0.478 e. The smallest absolute Gasteiger partial charge is 0.335 e. The molecule has 0 saturated carbocycles. The minimum absolute atomic E-state index is 0.0937. The molecule has 0 spiro atoms. The van der Waals surface area contributed by atoms with E-state index < -0.39 is 5.97 Å². The van der Waals surface area contributed by atoms with Crippen molar-refractivity contribution >= 4 is 11.9 Å². The highest BCUT2D eigenvalue weighted by atomic mass is 16.4. The number of carboxylic acid groups (broad SMARTS) is 1. The fraction of sp³-hybridized carbons (Fsp3) is 0.263. The summed E-state index contributed by atoms with van der Waals surface area (Å²) in [5.41, 5.74) is 4.27. The van der Waals surface area contributed by atoms with Crippen LogP contribution in [0.25, 0.3) is 0 Å². The lowest BCUT2D eigenvalue weighted by Gasteiger charge is -2.16. The first-order valence-electron chi connectivity index (χ1n) is 7.55. The summed E-state index contributed by atoms with van der Waals surface area (Å²) < 4.78 is 0. The number of carbonyl (C=O) groups excluding carboxylic acids is 1. The van der Waals surface area contributed by atoms with E-state index in [1.54, 1.807) is 12.1 Å². The summed E-state index contributed by atoms with van der Waals surface area (Å²) in [6.45, 7) is 6.00. The van der Waals surface area contributed by atoms with Crippen LogP contribution in [0, 0.1) is 13.8 Å². The Morgan fingerprint density at radius 2 is 1.74 bits per heavy atom. The Morgan fingerprint density at radius 1 is 1.09 bits per heavy atom. The fourth-order valence-electron chi connectivity index (χ4n) is 2.64. The highest BCUT2D eigenvalue weighted by molar-refractivity contribution is 5.88. The third kappa shape index (κ3) is 4.68. The van der Waals surface area contributed by atoms with Crippen molar-refractivity contribution in [2.75, 3.05) is 0 Å². The zero-order chi connectivity index (χ0) is 17.0. The van der Waals surface area contributed by atoms with Crippen molar-refractivity contribution in [3.63, 3.8) is 0 Å². The van der Waals surface area contributed by atoms with E-state index in [1.807, 2.05) is 20.8 Å². The number of rotatable bonds is 5. The lowest BCUT2D eigenvalue weighted by Crippen LogP contribution is -2.28. The van der Waals surface area contributed by atoms with Crippen LogP contribution in [0.15, 0.2) is 42.5 Å². The molecule has 0 aliphatic carbocycles. The summed E-state index contributed by atoms with van der Waals surface area (Å²) in [7, 11) is 0. The van der Waals surface area contributed by atoms with E-state index in [0.29, 0.717) is 5.56 Å². The highest BCUT2D eigenvalue weighted by Gasteiger charge is 2.12. The van der Waals surface area contributed by atoms with Crippen LogP contribution in [-0.2, 0) is 11.2 Å². The molecule has 0 heterocycles. The maximum absolute atomic E-state index is 12.2. The van der Waals surface area contributed by atoms with E-state index in [4.69, 9.17) is 5.11 Å². The molecule has 120 valence electrons. The Hall–Kier alpha value is -2.62. The van der Waals surface area contributed by atoms with Gasteiger partial charge in [0, 0.05) is 0 Å². The molecule has 1 atom stereocenters. The first kappa shape index (κ1) is 16.7. The molecule has 0 aliphatic rings. The van der Waals surface area contributed by atoms with Crippen LogP contribution in [0.4, 0.5) is 0 Å². The summed E-state index contributed by atoms with van der Waals surface area (Å²) in [5, 5.41) is 12.0. The second-order valence-corrected chi connectivity index (χ2v) is 5.89. The van der Waals surface area contributed by atoms with Gasteiger partial charge in [0.05, 0.1) is 18.0 Å². The number of hydrogen-bond acceptors (Lipinski definition) is 2. The summed E-state index contributed by atoms with van der Waals surface area (Å²) in [6, 6.07) is 12.6. The normalized spacial score (nSPS) is 11.8. The Kier molecular flexibility index (Phi) is 5.16. The average molecular weight is 311 g/mol. The molecule has 0 aliphatic heterocycles. The van der Waals surface area contributed by atoms with Gasteiger partial charge in [0.1, 0.15) is 0 Å². The Bertz CT molecular complexity index is 717. The molecule has 2 N–H and O–H groups in total. The van der Waals surface area contributed by atoms with Crippen molar-refractivity contribution in [1.29, 1.82) is 0 Å². The van der Waals surface area contributed by atoms with Crippen LogP contribution in [0.1, 0.15) is 45.6 Å². The molecule has 2 aromatic carbocycles. The van der Waals surface area contributed by atoms with Gasteiger partial charge >= 0.3 is 5.97 Å². The fourth-order valence-corrected chi connectivity index (χ4v) is 2.64. The Labute approximate surface area is 136 Å². The molecule has 2 aromatic rings. The van der Waals surface area contributed by atoms with Crippen LogP contribution in [0.3, 0.4) is 0 Å². The molecule has 0 radical (unpaired) electrons. The van der Waals surface area contributed by atoms with Crippen molar-refractivity contribution in [2.24, 2.45) is 0 Å². The van der Waals surface area contributed by atoms with Gasteiger partial charge in [0.15, 0.2) is 0 Å². The van der Waals surface area contributed by atoms with Gasteiger partial charge < -0.3 is 10.4 Å². The van der Waals surface area contributed by atoms with Crippen LogP contribution >= 0.6 is 0 Å². The molecule has 0 aromatic heterocycles. The first-order valence-corrected chi connectivity index (χ1v) is 7.55. The molecule has 2 rings (SSSR count). The van der Waals surface area contributed by atoms with Crippen LogP contribution in [-0.4, -0.2) is 17.0 Å². The van der Waals surface area contributed by atoms with E-state index >= 15 is 0 Å². The van der Waals surface area contributed by atoms with Gasteiger partial charge in [-0.15, -0.1) is 0 Å². The van der Waals surface area contributed by atoms with Gasteiger partial charge in [0.2, 0.25) is 5.91 Å². The van der Waals surface area contributed by atoms with Crippen molar-refractivity contribution in [2.45, 2.75) is 33.2 Å². The predicted molar refractivity (Wildman–Crippen MR) is 89.6 cm³/mol. The molecular formula is C19H21NO3. The molecule has 0 saturated heterocycles. The highest BCUT2D eigenvalue weighted by Crippen LogP contribution is 2.17. The third-order valence-corrected chi connectivity index (χ3v) is 3.66. The first-order chi connectivity index (χ1) is 10.8. The largest absolute Gasteiger partial charge is 0.478 e. The van der Waals surface area contributed by atoms with Gasteiger partial charge in [-0.2, -0.15) is 0 Å². The molecule has 0 fully saturated rings. The summed E-state index contributed by atoms with van der Waals surface area (Å²) >= 11 is 0. The quantitative estimate of drug-likeness (QED) is 0.889. The zero-order valence-electron chi connectivity index (χ0n) is 13.6. The Morgan fingerprint density at radius 3 is 2.35 bits per heavy atom. The SMILES string of the molecule is Cc1cc(C)cc(C(C)NC(=O)Cc2cccc(C(=O)O)c2)c1. The molecule has 23 heavy (non-hydrogen) atoms. The minimum atomic E-state index is -0.990. The van der Waals surface area contributed by atoms with E-state index in [2.05, 4.69) is 23.5 Å². The molecule has 1 unspecified atom stereocenters. The molecule has 1 amide bonds. The van der Waals surface area contributed by atoms with Crippen molar-refractivity contribution in [3.8, 4) is 0 Å². The second-order valence-electron chi connectivity index (χ2n) is 5.89. The molecule has 0 bridgehead atoms. The number of carbonyl (C=O) groups is 2. The number of hydrogen-bond donors (Lipinski definition) is 2. The second kappa shape index (κ2) is 7.09. The number of aryl methyl sites for hydroxylation is 2. The van der Waals surface area contributed by atoms with Gasteiger partial charge in [-0.25, -0.2) is 4.79 Å². The Balaban J connectivity index is 2.04. The lowest BCUT2D eigenvalue weighted by atomic mass is 10.0. The number of carboxylic acids is 1. The van der Waals surface area contributed by atoms with Crippen LogP contribution in [0.5, 0.6) is 0 Å². The molecular weight excluding hydrogens is 290 g/mol. The van der Waals surface area contributed by atoms with Crippen molar-refractivity contribution in [3.05, 3.63) is 70.3 Å². The maximum atomic E-state index is 12.2. The van der Waals surface area contributed by atoms with Gasteiger partial charge in [-0.1, -0.05) is 41.5 Å². The standard InChI is InChI=1S/C19H21NO3/c1-12-7-13(2)9-17(8-12)14(3)20-18(21)11-15-5-4-6-16(10-15)19(22)23/h4-10,14H,11H2,1-3H3,(H,20,21)(H,22,23). The third-order valence-electron chi connectivity index (χ3n) is 3.66. The van der Waals surface area contributed by atoms with Crippen LogP contribution in [0.2, 0.25) is 0 Å². The van der Waals surface area contributed by atoms with Gasteiger partial charge in [0.25, 0.3) is 0 Å². The number of amides is 1. The zero-order valence-corrected chi connectivity index (χ0v) is 13.6. The van der Waals surface area contributed by atoms with E-state index in [9.17, 15) is 9.59 Å². The molecule has 4 heteroatoms. The van der Waals surface area contributed by atoms with Crippen LogP contribution < -0.4 is 5.32 Å². The van der Waals surface area contributed by atoms with Crippen molar-refractivity contribution < 1.29 is 14.7 Å².